The first kappa shape index (κ1) is 26.8. The van der Waals surface area contributed by atoms with E-state index in [0.717, 1.165) is 28.8 Å². The van der Waals surface area contributed by atoms with Crippen LogP contribution >= 0.6 is 0 Å². The molecule has 1 aliphatic carbocycles. The highest BCUT2D eigenvalue weighted by Gasteiger charge is 2.45. The number of hydrogen-bond donors (Lipinski definition) is 0. The van der Waals surface area contributed by atoms with Gasteiger partial charge in [0.15, 0.2) is 11.6 Å². The van der Waals surface area contributed by atoms with E-state index in [2.05, 4.69) is 9.97 Å². The lowest BCUT2D eigenvalue weighted by Gasteiger charge is -2.40. The van der Waals surface area contributed by atoms with Crippen LogP contribution in [0, 0.1) is 23.0 Å². The Kier molecular flexibility index (Phi) is 7.68. The van der Waals surface area contributed by atoms with Crippen molar-refractivity contribution in [2.45, 2.75) is 61.9 Å². The molecule has 39 heavy (non-hydrogen) atoms. The summed E-state index contributed by atoms with van der Waals surface area (Å²) in [6.07, 6.45) is 9.70. The van der Waals surface area contributed by atoms with Gasteiger partial charge in [-0.15, -0.1) is 0 Å². The molecule has 1 aliphatic heterocycles. The fourth-order valence-corrected chi connectivity index (χ4v) is 6.81. The van der Waals surface area contributed by atoms with Crippen molar-refractivity contribution >= 4 is 21.6 Å². The average molecular weight is 552 g/mol. The second-order valence-corrected chi connectivity index (χ2v) is 11.7. The van der Waals surface area contributed by atoms with Gasteiger partial charge in [0.2, 0.25) is 15.9 Å². The maximum absolute atomic E-state index is 14.0. The minimum Gasteiger partial charge on any atom is -0.303 e. The zero-order chi connectivity index (χ0) is 27.6. The topological polar surface area (TPSA) is 107 Å². The first-order valence-corrected chi connectivity index (χ1v) is 14.3. The van der Waals surface area contributed by atoms with Gasteiger partial charge in [-0.25, -0.2) is 27.2 Å². The van der Waals surface area contributed by atoms with E-state index >= 15 is 0 Å². The van der Waals surface area contributed by atoms with Gasteiger partial charge in [-0.1, -0.05) is 37.5 Å². The molecule has 1 saturated carbocycles. The summed E-state index contributed by atoms with van der Waals surface area (Å²) in [5.74, 6) is -2.50. The van der Waals surface area contributed by atoms with Crippen molar-refractivity contribution in [3.05, 3.63) is 83.4 Å². The van der Waals surface area contributed by atoms with Crippen molar-refractivity contribution in [1.29, 1.82) is 5.26 Å². The summed E-state index contributed by atoms with van der Waals surface area (Å²) in [6.45, 7) is 0.0524. The fraction of sp³-hybridized carbons (Fsp3) is 0.357. The van der Waals surface area contributed by atoms with Crippen LogP contribution in [0.4, 0.5) is 14.5 Å². The molecule has 3 aromatic rings. The number of benzene rings is 2. The molecule has 1 amide bonds. The Morgan fingerprint density at radius 1 is 1.05 bits per heavy atom. The predicted octanol–water partition coefficient (Wildman–Crippen LogP) is 4.67. The number of sulfonamides is 1. The van der Waals surface area contributed by atoms with Crippen LogP contribution in [-0.4, -0.2) is 41.2 Å². The molecule has 1 saturated heterocycles. The number of anilines is 1. The standard InChI is InChI=1S/C28H27F2N5O3S/c29-24-14-23(13-20(15-31)27(24)30)39(37,38)35-12-11-25(35)28(36)34(22-9-5-2-6-10-22)18-26-32-16-21(17-33-26)19-7-3-1-4-8-19/h2,5-6,9-10,13-14,16-17,19,25H,1,3-4,7-8,11-12,18H2/t25-/m1/s1. The Bertz CT molecular complexity index is 1500. The molecule has 0 spiro atoms. The molecule has 1 atom stereocenters. The van der Waals surface area contributed by atoms with E-state index in [1.807, 2.05) is 12.4 Å². The molecule has 2 aromatic carbocycles. The zero-order valence-electron chi connectivity index (χ0n) is 21.1. The van der Waals surface area contributed by atoms with Crippen molar-refractivity contribution in [2.24, 2.45) is 0 Å². The first-order chi connectivity index (χ1) is 18.8. The van der Waals surface area contributed by atoms with Gasteiger partial charge in [-0.3, -0.25) is 4.79 Å². The highest BCUT2D eigenvalue weighted by atomic mass is 32.2. The van der Waals surface area contributed by atoms with Crippen LogP contribution in [0.3, 0.4) is 0 Å². The Labute approximate surface area is 226 Å². The molecule has 0 radical (unpaired) electrons. The second-order valence-electron chi connectivity index (χ2n) is 9.83. The molecule has 5 rings (SSSR count). The van der Waals surface area contributed by atoms with E-state index in [1.165, 1.54) is 30.2 Å². The summed E-state index contributed by atoms with van der Waals surface area (Å²) in [5, 5.41) is 9.08. The van der Waals surface area contributed by atoms with E-state index in [1.54, 1.807) is 30.3 Å². The van der Waals surface area contributed by atoms with Gasteiger partial charge < -0.3 is 4.90 Å². The largest absolute Gasteiger partial charge is 0.303 e. The van der Waals surface area contributed by atoms with Gasteiger partial charge >= 0.3 is 0 Å². The molecule has 1 aromatic heterocycles. The quantitative estimate of drug-likeness (QED) is 0.422. The van der Waals surface area contributed by atoms with Crippen LogP contribution in [0.25, 0.3) is 0 Å². The molecule has 202 valence electrons. The lowest BCUT2D eigenvalue weighted by Crippen LogP contribution is -2.59. The summed E-state index contributed by atoms with van der Waals surface area (Å²) in [4.78, 5) is 23.6. The Morgan fingerprint density at radius 3 is 2.36 bits per heavy atom. The monoisotopic (exact) mass is 551 g/mol. The van der Waals surface area contributed by atoms with E-state index in [-0.39, 0.29) is 19.5 Å². The van der Waals surface area contributed by atoms with Crippen LogP contribution in [0.2, 0.25) is 0 Å². The zero-order valence-corrected chi connectivity index (χ0v) is 21.9. The van der Waals surface area contributed by atoms with Crippen LogP contribution in [0.5, 0.6) is 0 Å². The normalized spacial score (nSPS) is 18.2. The molecule has 11 heteroatoms. The van der Waals surface area contributed by atoms with E-state index in [4.69, 9.17) is 5.26 Å². The molecule has 0 N–H and O–H groups in total. The molecule has 0 unspecified atom stereocenters. The Hall–Kier alpha value is -3.75. The number of hydrogen-bond acceptors (Lipinski definition) is 6. The van der Waals surface area contributed by atoms with Gasteiger partial charge in [0.1, 0.15) is 17.9 Å². The van der Waals surface area contributed by atoms with Crippen LogP contribution in [-0.2, 0) is 21.4 Å². The predicted molar refractivity (Wildman–Crippen MR) is 139 cm³/mol. The van der Waals surface area contributed by atoms with Gasteiger partial charge in [0.25, 0.3) is 0 Å². The summed E-state index contributed by atoms with van der Waals surface area (Å²) in [6, 6.07) is 10.5. The smallest absolute Gasteiger partial charge is 0.245 e. The maximum atomic E-state index is 14.0. The summed E-state index contributed by atoms with van der Waals surface area (Å²) < 4.78 is 55.4. The highest BCUT2D eigenvalue weighted by molar-refractivity contribution is 7.89. The summed E-state index contributed by atoms with van der Waals surface area (Å²) in [5.41, 5.74) is 0.901. The number of nitrogens with zero attached hydrogens (tertiary/aromatic N) is 5. The van der Waals surface area contributed by atoms with Crippen molar-refractivity contribution in [3.8, 4) is 6.07 Å². The highest BCUT2D eigenvalue weighted by Crippen LogP contribution is 2.33. The van der Waals surface area contributed by atoms with Gasteiger partial charge in [0.05, 0.1) is 17.0 Å². The average Bonchev–Trinajstić information content (AvgIpc) is 2.93. The van der Waals surface area contributed by atoms with Crippen LogP contribution in [0.1, 0.15) is 61.4 Å². The molecule has 8 nitrogen and oxygen atoms in total. The number of halogens is 2. The van der Waals surface area contributed by atoms with Crippen molar-refractivity contribution in [2.75, 3.05) is 11.4 Å². The minimum absolute atomic E-state index is 0.0227. The van der Waals surface area contributed by atoms with Crippen LogP contribution in [0.15, 0.2) is 59.8 Å². The molecular formula is C28H27F2N5O3S. The van der Waals surface area contributed by atoms with Gasteiger partial charge in [-0.05, 0) is 55.0 Å². The first-order valence-electron chi connectivity index (χ1n) is 12.9. The van der Waals surface area contributed by atoms with E-state index in [0.29, 0.717) is 23.5 Å². The Morgan fingerprint density at radius 2 is 1.74 bits per heavy atom. The third-order valence-corrected chi connectivity index (χ3v) is 9.31. The number of rotatable bonds is 7. The van der Waals surface area contributed by atoms with E-state index < -0.39 is 44.1 Å². The number of para-hydroxylation sites is 1. The van der Waals surface area contributed by atoms with Crippen molar-refractivity contribution < 1.29 is 22.0 Å². The lowest BCUT2D eigenvalue weighted by molar-refractivity contribution is -0.125. The number of nitriles is 1. The van der Waals surface area contributed by atoms with Crippen molar-refractivity contribution in [1.82, 2.24) is 14.3 Å². The number of carbonyl (C=O) groups excluding carboxylic acids is 1. The third-order valence-electron chi connectivity index (χ3n) is 7.42. The summed E-state index contributed by atoms with van der Waals surface area (Å²) in [7, 11) is -4.38. The SMILES string of the molecule is N#Cc1cc(S(=O)(=O)N2CC[C@@H]2C(=O)N(Cc2ncc(C3CCCCC3)cn2)c2ccccc2)cc(F)c1F. The van der Waals surface area contributed by atoms with Crippen LogP contribution < -0.4 is 4.90 Å². The number of carbonyl (C=O) groups is 1. The fourth-order valence-electron chi connectivity index (χ4n) is 5.15. The van der Waals surface area contributed by atoms with Gasteiger partial charge in [0, 0.05) is 24.6 Å². The molecule has 2 fully saturated rings. The van der Waals surface area contributed by atoms with Crippen molar-refractivity contribution in [3.63, 3.8) is 0 Å². The Balaban J connectivity index is 1.40. The van der Waals surface area contributed by atoms with E-state index in [9.17, 15) is 22.0 Å². The number of aromatic nitrogens is 2. The molecule has 0 bridgehead atoms. The number of amides is 1. The summed E-state index contributed by atoms with van der Waals surface area (Å²) >= 11 is 0. The molecule has 2 aliphatic rings. The lowest BCUT2D eigenvalue weighted by atomic mass is 9.85. The third kappa shape index (κ3) is 5.40. The molecule has 2 heterocycles. The minimum atomic E-state index is -4.38. The molecular weight excluding hydrogens is 524 g/mol. The maximum Gasteiger partial charge on any atom is 0.245 e. The van der Waals surface area contributed by atoms with Gasteiger partial charge in [-0.2, -0.15) is 9.57 Å². The second kappa shape index (κ2) is 11.2.